The third kappa shape index (κ3) is 2.44. The molecule has 4 nitrogen and oxygen atoms in total. The Morgan fingerprint density at radius 1 is 1.23 bits per heavy atom. The molecule has 0 aliphatic rings. The van der Waals surface area contributed by atoms with Crippen molar-refractivity contribution in [1.82, 2.24) is 15.0 Å². The van der Waals surface area contributed by atoms with E-state index in [-0.39, 0.29) is 0 Å². The Hall–Kier alpha value is -2.07. The number of halogens is 1. The Balaban J connectivity index is 2.22. The first kappa shape index (κ1) is 14.9. The Kier molecular flexibility index (Phi) is 3.79. The van der Waals surface area contributed by atoms with Crippen molar-refractivity contribution in [2.75, 3.05) is 12.4 Å². The maximum absolute atomic E-state index is 6.20. The van der Waals surface area contributed by atoms with Crippen LogP contribution in [0, 0.1) is 6.92 Å². The first-order valence-electron chi connectivity index (χ1n) is 7.34. The van der Waals surface area contributed by atoms with Crippen molar-refractivity contribution in [3.63, 3.8) is 0 Å². The molecule has 0 radical (unpaired) electrons. The van der Waals surface area contributed by atoms with Crippen LogP contribution in [-0.4, -0.2) is 22.0 Å². The molecular weight excluding hydrogens is 296 g/mol. The third-order valence-corrected chi connectivity index (χ3v) is 4.08. The summed E-state index contributed by atoms with van der Waals surface area (Å²) in [6.45, 7) is 6.32. The minimum atomic E-state index is 0.386. The highest BCUT2D eigenvalue weighted by molar-refractivity contribution is 6.35. The van der Waals surface area contributed by atoms with Crippen LogP contribution in [0.5, 0.6) is 0 Å². The molecule has 0 aliphatic carbocycles. The van der Waals surface area contributed by atoms with Gasteiger partial charge in [-0.3, -0.25) is 0 Å². The third-order valence-electron chi connectivity index (χ3n) is 3.79. The monoisotopic (exact) mass is 314 g/mol. The van der Waals surface area contributed by atoms with Gasteiger partial charge in [-0.25, -0.2) is 9.97 Å². The van der Waals surface area contributed by atoms with Crippen LogP contribution in [0.15, 0.2) is 24.4 Å². The summed E-state index contributed by atoms with van der Waals surface area (Å²) in [4.78, 5) is 12.6. The minimum absolute atomic E-state index is 0.386. The van der Waals surface area contributed by atoms with Crippen LogP contribution < -0.4 is 5.32 Å². The van der Waals surface area contributed by atoms with E-state index in [4.69, 9.17) is 21.6 Å². The van der Waals surface area contributed by atoms with Crippen LogP contribution in [0.25, 0.3) is 22.3 Å². The Labute approximate surface area is 134 Å². The second-order valence-electron chi connectivity index (χ2n) is 5.72. The summed E-state index contributed by atoms with van der Waals surface area (Å²) in [6.07, 6.45) is 1.77. The highest BCUT2D eigenvalue weighted by Crippen LogP contribution is 2.32. The van der Waals surface area contributed by atoms with Crippen molar-refractivity contribution in [2.45, 2.75) is 26.7 Å². The predicted molar refractivity (Wildman–Crippen MR) is 92.7 cm³/mol. The van der Waals surface area contributed by atoms with Gasteiger partial charge in [0.15, 0.2) is 0 Å². The van der Waals surface area contributed by atoms with Gasteiger partial charge < -0.3 is 10.3 Å². The molecule has 0 unspecified atom stereocenters. The van der Waals surface area contributed by atoms with Gasteiger partial charge in [-0.2, -0.15) is 0 Å². The number of fused-ring (bicyclic) bond motifs is 1. The second-order valence-corrected chi connectivity index (χ2v) is 6.13. The van der Waals surface area contributed by atoms with Crippen LogP contribution in [0.2, 0.25) is 5.02 Å². The molecular formula is C17H19ClN4. The van der Waals surface area contributed by atoms with Crippen LogP contribution >= 0.6 is 11.6 Å². The van der Waals surface area contributed by atoms with Crippen molar-refractivity contribution in [3.8, 4) is 11.3 Å². The summed E-state index contributed by atoms with van der Waals surface area (Å²) in [5.41, 5.74) is 5.78. The van der Waals surface area contributed by atoms with E-state index < -0.39 is 0 Å². The van der Waals surface area contributed by atoms with Crippen LogP contribution in [0.3, 0.4) is 0 Å². The van der Waals surface area contributed by atoms with Gasteiger partial charge in [-0.15, -0.1) is 0 Å². The van der Waals surface area contributed by atoms with Gasteiger partial charge in [0.1, 0.15) is 11.3 Å². The average molecular weight is 315 g/mol. The zero-order chi connectivity index (χ0) is 15.9. The summed E-state index contributed by atoms with van der Waals surface area (Å²) in [5, 5.41) is 3.81. The maximum atomic E-state index is 6.20. The van der Waals surface area contributed by atoms with Crippen molar-refractivity contribution >= 4 is 28.5 Å². The first-order valence-corrected chi connectivity index (χ1v) is 7.72. The Bertz CT molecular complexity index is 836. The van der Waals surface area contributed by atoms with E-state index >= 15 is 0 Å². The topological polar surface area (TPSA) is 53.6 Å². The molecule has 22 heavy (non-hydrogen) atoms. The summed E-state index contributed by atoms with van der Waals surface area (Å²) < 4.78 is 0. The van der Waals surface area contributed by atoms with Crippen molar-refractivity contribution in [3.05, 3.63) is 40.7 Å². The fraction of sp³-hybridized carbons (Fsp3) is 0.294. The summed E-state index contributed by atoms with van der Waals surface area (Å²) in [6, 6.07) is 6.21. The van der Waals surface area contributed by atoms with E-state index in [0.29, 0.717) is 10.9 Å². The summed E-state index contributed by atoms with van der Waals surface area (Å²) in [7, 11) is 1.88. The highest BCUT2D eigenvalue weighted by Gasteiger charge is 2.14. The number of rotatable bonds is 3. The molecule has 3 rings (SSSR count). The molecule has 3 aromatic rings. The number of nitrogens with one attached hydrogen (secondary N) is 2. The van der Waals surface area contributed by atoms with Crippen molar-refractivity contribution < 1.29 is 0 Å². The number of pyridine rings is 2. The van der Waals surface area contributed by atoms with Gasteiger partial charge in [0.25, 0.3) is 0 Å². The molecule has 0 fully saturated rings. The molecule has 0 saturated heterocycles. The molecule has 0 amide bonds. The van der Waals surface area contributed by atoms with Gasteiger partial charge >= 0.3 is 0 Å². The van der Waals surface area contributed by atoms with E-state index in [9.17, 15) is 0 Å². The molecule has 2 N–H and O–H groups in total. The van der Waals surface area contributed by atoms with Crippen LogP contribution in [0.4, 0.5) is 5.82 Å². The fourth-order valence-corrected chi connectivity index (χ4v) is 2.76. The molecule has 0 aromatic carbocycles. The van der Waals surface area contributed by atoms with Gasteiger partial charge in [-0.05, 0) is 36.6 Å². The first-order chi connectivity index (χ1) is 10.5. The normalized spacial score (nSPS) is 11.4. The molecule has 114 valence electrons. The molecule has 0 saturated carbocycles. The number of hydrogen-bond acceptors (Lipinski definition) is 3. The lowest BCUT2D eigenvalue weighted by Crippen LogP contribution is -2.02. The summed E-state index contributed by atoms with van der Waals surface area (Å²) in [5.74, 6) is 1.23. The number of H-pyrrole nitrogens is 1. The number of nitrogens with zero attached hydrogens (tertiary/aromatic N) is 2. The average Bonchev–Trinajstić information content (AvgIpc) is 2.86. The molecule has 0 atom stereocenters. The van der Waals surface area contributed by atoms with E-state index in [0.717, 1.165) is 39.4 Å². The highest BCUT2D eigenvalue weighted by atomic mass is 35.5. The molecule has 0 spiro atoms. The van der Waals surface area contributed by atoms with E-state index in [2.05, 4.69) is 42.3 Å². The lowest BCUT2D eigenvalue weighted by Gasteiger charge is -2.13. The SMILES string of the molecule is CNc1nc(C(C)C)ccc1-c1nc2c(Cl)c[nH]c2cc1C. The lowest BCUT2D eigenvalue weighted by molar-refractivity contribution is 0.824. The van der Waals surface area contributed by atoms with E-state index in [1.54, 1.807) is 6.20 Å². The smallest absolute Gasteiger partial charge is 0.135 e. The van der Waals surface area contributed by atoms with Crippen LogP contribution in [0.1, 0.15) is 31.0 Å². The number of aryl methyl sites for hydroxylation is 1. The van der Waals surface area contributed by atoms with E-state index in [1.165, 1.54) is 0 Å². The van der Waals surface area contributed by atoms with Crippen molar-refractivity contribution in [1.29, 1.82) is 0 Å². The van der Waals surface area contributed by atoms with Gasteiger partial charge in [-0.1, -0.05) is 25.4 Å². The molecule has 0 aliphatic heterocycles. The number of aromatic amines is 1. The maximum Gasteiger partial charge on any atom is 0.135 e. The molecule has 3 aromatic heterocycles. The summed E-state index contributed by atoms with van der Waals surface area (Å²) >= 11 is 6.20. The van der Waals surface area contributed by atoms with Gasteiger partial charge in [0.2, 0.25) is 0 Å². The largest absolute Gasteiger partial charge is 0.373 e. The Morgan fingerprint density at radius 2 is 2.00 bits per heavy atom. The van der Waals surface area contributed by atoms with Gasteiger partial charge in [0.05, 0.1) is 16.2 Å². The number of anilines is 1. The minimum Gasteiger partial charge on any atom is -0.373 e. The number of hydrogen-bond donors (Lipinski definition) is 2. The second kappa shape index (κ2) is 5.61. The lowest BCUT2D eigenvalue weighted by atomic mass is 10.0. The zero-order valence-electron chi connectivity index (χ0n) is 13.2. The van der Waals surface area contributed by atoms with Crippen LogP contribution in [-0.2, 0) is 0 Å². The number of aromatic nitrogens is 3. The van der Waals surface area contributed by atoms with Crippen molar-refractivity contribution in [2.24, 2.45) is 0 Å². The molecule has 5 heteroatoms. The fourth-order valence-electron chi connectivity index (χ4n) is 2.57. The Morgan fingerprint density at radius 3 is 2.68 bits per heavy atom. The zero-order valence-corrected chi connectivity index (χ0v) is 13.9. The molecule has 3 heterocycles. The quantitative estimate of drug-likeness (QED) is 0.733. The standard InChI is InChI=1S/C17H19ClN4/c1-9(2)13-6-5-11(17(19-4)21-13)15-10(3)7-14-16(22-15)12(18)8-20-14/h5-9,20H,1-4H3,(H,19,21). The molecule has 0 bridgehead atoms. The van der Waals surface area contributed by atoms with Gasteiger partial charge in [0, 0.05) is 24.5 Å². The van der Waals surface area contributed by atoms with E-state index in [1.807, 2.05) is 14.0 Å². The predicted octanol–water partition coefficient (Wildman–Crippen LogP) is 4.75.